The van der Waals surface area contributed by atoms with E-state index < -0.39 is 40.0 Å². The molecule has 0 radical (unpaired) electrons. The molecule has 2 aliphatic rings. The van der Waals surface area contributed by atoms with Crippen molar-refractivity contribution in [1.29, 1.82) is 0 Å². The predicted octanol–water partition coefficient (Wildman–Crippen LogP) is 1.28. The fourth-order valence-electron chi connectivity index (χ4n) is 3.88. The Hall–Kier alpha value is -2.33. The molecule has 1 spiro atoms. The van der Waals surface area contributed by atoms with Crippen LogP contribution in [0.5, 0.6) is 0 Å². The summed E-state index contributed by atoms with van der Waals surface area (Å²) in [5.74, 6) is -1.58. The van der Waals surface area contributed by atoms with Gasteiger partial charge < -0.3 is 14.9 Å². The quantitative estimate of drug-likeness (QED) is 0.742. The van der Waals surface area contributed by atoms with Crippen LogP contribution < -0.4 is 4.72 Å². The van der Waals surface area contributed by atoms with Crippen molar-refractivity contribution in [3.05, 3.63) is 29.3 Å². The maximum Gasteiger partial charge on any atom is 0.332 e. The number of carboxylic acids is 1. The molecule has 0 aliphatic carbocycles. The summed E-state index contributed by atoms with van der Waals surface area (Å²) in [4.78, 5) is 39.1. The van der Waals surface area contributed by atoms with Gasteiger partial charge in [-0.1, -0.05) is 11.6 Å². The standard InChI is InChI=1S/C17H20ClN3O6S/c18-12-3-5-13(6-4-12)28(26,27)19-16(25)21-10-2-8-17(21)7-1-9-20(15(17)24)11-14(22)23/h3-6H,1-2,7-11H2,(H,19,25)(H,22,23). The van der Waals surface area contributed by atoms with Gasteiger partial charge in [0.05, 0.1) is 4.90 Å². The largest absolute Gasteiger partial charge is 0.480 e. The lowest BCUT2D eigenvalue weighted by atomic mass is 9.85. The van der Waals surface area contributed by atoms with Gasteiger partial charge in [-0.05, 0) is 49.9 Å². The highest BCUT2D eigenvalue weighted by molar-refractivity contribution is 7.90. The van der Waals surface area contributed by atoms with E-state index in [9.17, 15) is 22.8 Å². The summed E-state index contributed by atoms with van der Waals surface area (Å²) in [6.07, 6.45) is 1.81. The van der Waals surface area contributed by atoms with Crippen molar-refractivity contribution in [2.24, 2.45) is 0 Å². The fourth-order valence-corrected chi connectivity index (χ4v) is 4.96. The smallest absolute Gasteiger partial charge is 0.332 e. The van der Waals surface area contributed by atoms with E-state index in [1.807, 2.05) is 4.72 Å². The summed E-state index contributed by atoms with van der Waals surface area (Å²) < 4.78 is 27.0. The maximum atomic E-state index is 12.9. The summed E-state index contributed by atoms with van der Waals surface area (Å²) in [7, 11) is -4.14. The molecule has 1 unspecified atom stereocenters. The number of likely N-dealkylation sites (tertiary alicyclic amines) is 2. The molecule has 152 valence electrons. The topological polar surface area (TPSA) is 124 Å². The van der Waals surface area contributed by atoms with Crippen molar-refractivity contribution in [3.8, 4) is 0 Å². The van der Waals surface area contributed by atoms with E-state index >= 15 is 0 Å². The van der Waals surface area contributed by atoms with E-state index in [0.29, 0.717) is 37.3 Å². The van der Waals surface area contributed by atoms with Gasteiger partial charge >= 0.3 is 12.0 Å². The zero-order valence-corrected chi connectivity index (χ0v) is 16.5. The van der Waals surface area contributed by atoms with Crippen molar-refractivity contribution >= 4 is 39.5 Å². The second-order valence-corrected chi connectivity index (χ2v) is 8.99. The predicted molar refractivity (Wildman–Crippen MR) is 99.3 cm³/mol. The van der Waals surface area contributed by atoms with Crippen LogP contribution in [0.25, 0.3) is 0 Å². The first-order valence-corrected chi connectivity index (χ1v) is 10.6. The number of halogens is 1. The lowest BCUT2D eigenvalue weighted by molar-refractivity contribution is -0.152. The van der Waals surface area contributed by atoms with Crippen molar-refractivity contribution in [3.63, 3.8) is 0 Å². The Morgan fingerprint density at radius 2 is 1.75 bits per heavy atom. The number of amides is 3. The van der Waals surface area contributed by atoms with Crippen molar-refractivity contribution < 1.29 is 27.9 Å². The number of rotatable bonds is 4. The first-order chi connectivity index (χ1) is 13.2. The lowest BCUT2D eigenvalue weighted by Gasteiger charge is -2.43. The van der Waals surface area contributed by atoms with Crippen LogP contribution in [0, 0.1) is 0 Å². The monoisotopic (exact) mass is 429 g/mol. The number of carbonyl (C=O) groups excluding carboxylic acids is 2. The molecule has 28 heavy (non-hydrogen) atoms. The van der Waals surface area contributed by atoms with Crippen LogP contribution >= 0.6 is 11.6 Å². The average molecular weight is 430 g/mol. The average Bonchev–Trinajstić information content (AvgIpc) is 3.03. The van der Waals surface area contributed by atoms with Gasteiger partial charge in [0.2, 0.25) is 5.91 Å². The summed E-state index contributed by atoms with van der Waals surface area (Å²) in [5.41, 5.74) is -1.20. The molecule has 2 aliphatic heterocycles. The van der Waals surface area contributed by atoms with Crippen LogP contribution in [0.4, 0.5) is 4.79 Å². The number of piperidine rings is 1. The molecule has 2 heterocycles. The minimum absolute atomic E-state index is 0.124. The highest BCUT2D eigenvalue weighted by atomic mass is 35.5. The number of carboxylic acid groups (broad SMARTS) is 1. The number of nitrogens with one attached hydrogen (secondary N) is 1. The number of sulfonamides is 1. The molecule has 9 nitrogen and oxygen atoms in total. The SMILES string of the molecule is O=C(O)CN1CCCC2(CCCN2C(=O)NS(=O)(=O)c2ccc(Cl)cc2)C1=O. The Morgan fingerprint density at radius 1 is 1.14 bits per heavy atom. The number of hydrogen-bond acceptors (Lipinski definition) is 5. The van der Waals surface area contributed by atoms with Crippen LogP contribution in [0.1, 0.15) is 25.7 Å². The molecule has 1 atom stereocenters. The highest BCUT2D eigenvalue weighted by Gasteiger charge is 2.53. The highest BCUT2D eigenvalue weighted by Crippen LogP contribution is 2.38. The molecular weight excluding hydrogens is 410 g/mol. The third-order valence-corrected chi connectivity index (χ3v) is 6.70. The van der Waals surface area contributed by atoms with Gasteiger partial charge in [-0.25, -0.2) is 17.9 Å². The number of carbonyl (C=O) groups is 3. The van der Waals surface area contributed by atoms with Gasteiger partial charge in [0, 0.05) is 18.1 Å². The molecule has 2 N–H and O–H groups in total. The molecule has 0 bridgehead atoms. The summed E-state index contributed by atoms with van der Waals surface area (Å²) >= 11 is 5.76. The van der Waals surface area contributed by atoms with Crippen LogP contribution in [-0.2, 0) is 19.6 Å². The maximum absolute atomic E-state index is 12.9. The summed E-state index contributed by atoms with van der Waals surface area (Å²) in [6.45, 7) is 0.0686. The number of nitrogens with zero attached hydrogens (tertiary/aromatic N) is 2. The van der Waals surface area contributed by atoms with E-state index in [2.05, 4.69) is 0 Å². The van der Waals surface area contributed by atoms with Crippen molar-refractivity contribution in [1.82, 2.24) is 14.5 Å². The van der Waals surface area contributed by atoms with E-state index in [4.69, 9.17) is 16.7 Å². The summed E-state index contributed by atoms with van der Waals surface area (Å²) in [5, 5.41) is 9.37. The Kier molecular flexibility index (Phi) is 5.53. The van der Waals surface area contributed by atoms with Gasteiger partial charge in [-0.3, -0.25) is 9.59 Å². The number of benzene rings is 1. The molecule has 2 saturated heterocycles. The first kappa shape index (κ1) is 20.4. The van der Waals surface area contributed by atoms with Gasteiger partial charge in [0.15, 0.2) is 0 Å². The van der Waals surface area contributed by atoms with E-state index in [0.717, 1.165) is 0 Å². The third-order valence-electron chi connectivity index (χ3n) is 5.11. The molecule has 2 fully saturated rings. The second-order valence-electron chi connectivity index (χ2n) is 6.88. The fraction of sp³-hybridized carbons (Fsp3) is 0.471. The van der Waals surface area contributed by atoms with Crippen molar-refractivity contribution in [2.45, 2.75) is 36.1 Å². The van der Waals surface area contributed by atoms with Crippen LogP contribution in [0.15, 0.2) is 29.2 Å². The second kappa shape index (κ2) is 7.59. The van der Waals surface area contributed by atoms with E-state index in [-0.39, 0.29) is 11.4 Å². The van der Waals surface area contributed by atoms with Crippen LogP contribution in [0.2, 0.25) is 5.02 Å². The molecule has 0 saturated carbocycles. The molecule has 1 aromatic carbocycles. The van der Waals surface area contributed by atoms with Gasteiger partial charge in [-0.15, -0.1) is 0 Å². The zero-order chi connectivity index (χ0) is 20.5. The first-order valence-electron chi connectivity index (χ1n) is 8.77. The zero-order valence-electron chi connectivity index (χ0n) is 14.9. The Morgan fingerprint density at radius 3 is 2.36 bits per heavy atom. The Bertz CT molecular complexity index is 904. The van der Waals surface area contributed by atoms with Crippen LogP contribution in [0.3, 0.4) is 0 Å². The summed E-state index contributed by atoms with van der Waals surface area (Å²) in [6, 6.07) is 4.45. The van der Waals surface area contributed by atoms with Crippen molar-refractivity contribution in [2.75, 3.05) is 19.6 Å². The van der Waals surface area contributed by atoms with Gasteiger partial charge in [0.1, 0.15) is 12.1 Å². The van der Waals surface area contributed by atoms with E-state index in [1.54, 1.807) is 0 Å². The molecule has 0 aromatic heterocycles. The van der Waals surface area contributed by atoms with Gasteiger partial charge in [0.25, 0.3) is 10.0 Å². The normalized spacial score (nSPS) is 22.5. The minimum Gasteiger partial charge on any atom is -0.480 e. The number of aliphatic carboxylic acids is 1. The number of urea groups is 1. The molecule has 11 heteroatoms. The Balaban J connectivity index is 1.82. The Labute approximate surface area is 167 Å². The minimum atomic E-state index is -4.14. The molecule has 1 aromatic rings. The number of hydrogen-bond donors (Lipinski definition) is 2. The molecule has 3 rings (SSSR count). The molecule has 3 amide bonds. The van der Waals surface area contributed by atoms with Gasteiger partial charge in [-0.2, -0.15) is 0 Å². The van der Waals surface area contributed by atoms with Crippen LogP contribution in [-0.4, -0.2) is 66.4 Å². The molecular formula is C17H20ClN3O6S. The van der Waals surface area contributed by atoms with E-state index in [1.165, 1.54) is 34.1 Å². The lowest BCUT2D eigenvalue weighted by Crippen LogP contribution is -2.63. The third kappa shape index (κ3) is 3.79.